The molecule has 1 aliphatic rings. The third kappa shape index (κ3) is 3.95. The zero-order valence-corrected chi connectivity index (χ0v) is 15.7. The first kappa shape index (κ1) is 17.6. The van der Waals surface area contributed by atoms with Gasteiger partial charge in [-0.05, 0) is 43.2 Å². The van der Waals surface area contributed by atoms with Crippen LogP contribution in [0.2, 0.25) is 10.0 Å². The van der Waals surface area contributed by atoms with Crippen molar-refractivity contribution in [3.63, 3.8) is 0 Å². The van der Waals surface area contributed by atoms with E-state index in [2.05, 4.69) is 15.1 Å². The molecule has 0 saturated heterocycles. The highest BCUT2D eigenvalue weighted by molar-refractivity contribution is 6.36. The number of aromatic nitrogens is 2. The molecule has 0 N–H and O–H groups in total. The van der Waals surface area contributed by atoms with Crippen LogP contribution in [0.5, 0.6) is 0 Å². The lowest BCUT2D eigenvalue weighted by atomic mass is 10.2. The minimum absolute atomic E-state index is 0.408. The zero-order valence-electron chi connectivity index (χ0n) is 14.2. The van der Waals surface area contributed by atoms with Crippen LogP contribution in [0, 0.1) is 0 Å². The van der Waals surface area contributed by atoms with E-state index in [1.165, 1.54) is 25.7 Å². The molecular formula is C19H19Cl2N3O2. The van der Waals surface area contributed by atoms with Crippen molar-refractivity contribution < 1.29 is 8.83 Å². The average Bonchev–Trinajstić information content (AvgIpc) is 3.37. The molecule has 0 aliphatic heterocycles. The van der Waals surface area contributed by atoms with Gasteiger partial charge in [0.05, 0.1) is 29.9 Å². The molecule has 1 aliphatic carbocycles. The van der Waals surface area contributed by atoms with E-state index in [9.17, 15) is 0 Å². The molecule has 0 spiro atoms. The van der Waals surface area contributed by atoms with Gasteiger partial charge in [-0.25, -0.2) is 0 Å². The molecule has 1 fully saturated rings. The van der Waals surface area contributed by atoms with E-state index in [4.69, 9.17) is 32.0 Å². The van der Waals surface area contributed by atoms with Gasteiger partial charge in [-0.2, -0.15) is 0 Å². The van der Waals surface area contributed by atoms with E-state index < -0.39 is 0 Å². The minimum atomic E-state index is 0.408. The largest absolute Gasteiger partial charge is 0.468 e. The lowest BCUT2D eigenvalue weighted by Crippen LogP contribution is -2.32. The summed E-state index contributed by atoms with van der Waals surface area (Å²) in [5.41, 5.74) is 0.688. The second-order valence-electron chi connectivity index (χ2n) is 6.55. The zero-order chi connectivity index (χ0) is 17.9. The number of furan rings is 1. The Morgan fingerprint density at radius 3 is 2.65 bits per heavy atom. The fourth-order valence-corrected chi connectivity index (χ4v) is 3.94. The van der Waals surface area contributed by atoms with Gasteiger partial charge in [0.1, 0.15) is 5.76 Å². The van der Waals surface area contributed by atoms with Crippen LogP contribution >= 0.6 is 23.2 Å². The van der Waals surface area contributed by atoms with Gasteiger partial charge in [-0.3, -0.25) is 4.90 Å². The standard InChI is InChI=1S/C19H19Cl2N3O2/c20-13-7-8-16(17(21)10-13)19-23-22-18(26-19)12-24(14-4-1-2-5-14)11-15-6-3-9-25-15/h3,6-10,14H,1-2,4-5,11-12H2. The van der Waals surface area contributed by atoms with Crippen molar-refractivity contribution in [2.24, 2.45) is 0 Å². The van der Waals surface area contributed by atoms with Crippen molar-refractivity contribution in [3.05, 3.63) is 58.3 Å². The lowest BCUT2D eigenvalue weighted by Gasteiger charge is -2.26. The summed E-state index contributed by atoms with van der Waals surface area (Å²) in [6.45, 7) is 1.32. The normalized spacial score (nSPS) is 15.2. The molecule has 2 aromatic heterocycles. The van der Waals surface area contributed by atoms with Gasteiger partial charge in [0.2, 0.25) is 11.8 Å². The second kappa shape index (κ2) is 7.82. The Hall–Kier alpha value is -1.82. The number of hydrogen-bond acceptors (Lipinski definition) is 5. The summed E-state index contributed by atoms with van der Waals surface area (Å²) in [6, 6.07) is 9.64. The fraction of sp³-hybridized carbons (Fsp3) is 0.368. The van der Waals surface area contributed by atoms with Crippen LogP contribution in [0.4, 0.5) is 0 Å². The summed E-state index contributed by atoms with van der Waals surface area (Å²) in [4.78, 5) is 2.35. The number of rotatable bonds is 6. The highest BCUT2D eigenvalue weighted by atomic mass is 35.5. The molecule has 1 saturated carbocycles. The summed E-state index contributed by atoms with van der Waals surface area (Å²) in [7, 11) is 0. The summed E-state index contributed by atoms with van der Waals surface area (Å²) in [5.74, 6) is 1.92. The van der Waals surface area contributed by atoms with Crippen molar-refractivity contribution >= 4 is 23.2 Å². The first-order chi connectivity index (χ1) is 12.7. The number of nitrogens with zero attached hydrogens (tertiary/aromatic N) is 3. The van der Waals surface area contributed by atoms with Crippen LogP contribution in [-0.4, -0.2) is 21.1 Å². The van der Waals surface area contributed by atoms with E-state index >= 15 is 0 Å². The Morgan fingerprint density at radius 1 is 1.08 bits per heavy atom. The van der Waals surface area contributed by atoms with Gasteiger partial charge >= 0.3 is 0 Å². The summed E-state index contributed by atoms with van der Waals surface area (Å²) in [6.07, 6.45) is 6.59. The third-order valence-electron chi connectivity index (χ3n) is 4.75. The van der Waals surface area contributed by atoms with Crippen molar-refractivity contribution in [1.82, 2.24) is 15.1 Å². The van der Waals surface area contributed by atoms with Crippen LogP contribution in [0.25, 0.3) is 11.5 Å². The monoisotopic (exact) mass is 391 g/mol. The summed E-state index contributed by atoms with van der Waals surface area (Å²) >= 11 is 12.2. The SMILES string of the molecule is Clc1ccc(-c2nnc(CN(Cc3ccco3)C3CCCC3)o2)c(Cl)c1. The molecule has 136 valence electrons. The predicted octanol–water partition coefficient (Wildman–Crippen LogP) is 5.58. The van der Waals surface area contributed by atoms with E-state index in [0.717, 1.165) is 12.3 Å². The van der Waals surface area contributed by atoms with E-state index in [0.29, 0.717) is 40.0 Å². The number of halogens is 2. The molecule has 26 heavy (non-hydrogen) atoms. The molecule has 4 rings (SSSR count). The molecule has 0 unspecified atom stereocenters. The van der Waals surface area contributed by atoms with Gasteiger partial charge < -0.3 is 8.83 Å². The molecule has 7 heteroatoms. The molecule has 2 heterocycles. The van der Waals surface area contributed by atoms with Crippen LogP contribution in [0.15, 0.2) is 45.4 Å². The molecule has 1 aromatic carbocycles. The lowest BCUT2D eigenvalue weighted by molar-refractivity contribution is 0.152. The first-order valence-corrected chi connectivity index (χ1v) is 9.49. The summed E-state index contributed by atoms with van der Waals surface area (Å²) < 4.78 is 11.4. The minimum Gasteiger partial charge on any atom is -0.468 e. The van der Waals surface area contributed by atoms with Crippen LogP contribution in [0.1, 0.15) is 37.3 Å². The fourth-order valence-electron chi connectivity index (χ4n) is 3.45. The Labute approximate surface area is 161 Å². The smallest absolute Gasteiger partial charge is 0.249 e. The van der Waals surface area contributed by atoms with Crippen molar-refractivity contribution in [1.29, 1.82) is 0 Å². The highest BCUT2D eigenvalue weighted by Crippen LogP contribution is 2.30. The van der Waals surface area contributed by atoms with E-state index in [-0.39, 0.29) is 0 Å². The summed E-state index contributed by atoms with van der Waals surface area (Å²) in [5, 5.41) is 9.45. The van der Waals surface area contributed by atoms with E-state index in [1.807, 2.05) is 12.1 Å². The number of hydrogen-bond donors (Lipinski definition) is 0. The quantitative estimate of drug-likeness (QED) is 0.548. The molecule has 0 bridgehead atoms. The predicted molar refractivity (Wildman–Crippen MR) is 100.0 cm³/mol. The Balaban J connectivity index is 1.53. The van der Waals surface area contributed by atoms with Crippen molar-refractivity contribution in [2.75, 3.05) is 0 Å². The van der Waals surface area contributed by atoms with E-state index in [1.54, 1.807) is 24.5 Å². The van der Waals surface area contributed by atoms with Crippen molar-refractivity contribution in [3.8, 4) is 11.5 Å². The topological polar surface area (TPSA) is 55.3 Å². The highest BCUT2D eigenvalue weighted by Gasteiger charge is 2.25. The first-order valence-electron chi connectivity index (χ1n) is 8.73. The van der Waals surface area contributed by atoms with Gasteiger partial charge in [-0.15, -0.1) is 10.2 Å². The third-order valence-corrected chi connectivity index (χ3v) is 5.29. The molecule has 0 amide bonds. The Bertz CT molecular complexity index is 858. The van der Waals surface area contributed by atoms with Gasteiger partial charge in [0, 0.05) is 11.1 Å². The van der Waals surface area contributed by atoms with Crippen LogP contribution in [0.3, 0.4) is 0 Å². The van der Waals surface area contributed by atoms with Gasteiger partial charge in [-0.1, -0.05) is 36.0 Å². The maximum absolute atomic E-state index is 6.24. The molecule has 3 aromatic rings. The van der Waals surface area contributed by atoms with Gasteiger partial charge in [0.25, 0.3) is 0 Å². The second-order valence-corrected chi connectivity index (χ2v) is 7.39. The van der Waals surface area contributed by atoms with Crippen molar-refractivity contribution in [2.45, 2.75) is 44.8 Å². The Morgan fingerprint density at radius 2 is 1.92 bits per heavy atom. The van der Waals surface area contributed by atoms with Gasteiger partial charge in [0.15, 0.2) is 0 Å². The molecule has 0 radical (unpaired) electrons. The average molecular weight is 392 g/mol. The number of benzene rings is 1. The molecule has 5 nitrogen and oxygen atoms in total. The van der Waals surface area contributed by atoms with Crippen LogP contribution in [-0.2, 0) is 13.1 Å². The molecule has 0 atom stereocenters. The maximum atomic E-state index is 6.24. The van der Waals surface area contributed by atoms with Crippen LogP contribution < -0.4 is 0 Å². The maximum Gasteiger partial charge on any atom is 0.249 e. The molecular weight excluding hydrogens is 373 g/mol. The Kier molecular flexibility index (Phi) is 5.29.